The van der Waals surface area contributed by atoms with E-state index in [0.717, 1.165) is 0 Å². The van der Waals surface area contributed by atoms with Gasteiger partial charge in [0.25, 0.3) is 0 Å². The summed E-state index contributed by atoms with van der Waals surface area (Å²) in [6.07, 6.45) is 1.59. The molecular weight excluding hydrogens is 296 g/mol. The molecule has 0 radical (unpaired) electrons. The summed E-state index contributed by atoms with van der Waals surface area (Å²) in [4.78, 5) is 14.5. The molecule has 0 aliphatic rings. The van der Waals surface area contributed by atoms with Gasteiger partial charge < -0.3 is 9.84 Å². The van der Waals surface area contributed by atoms with Crippen LogP contribution in [0, 0.1) is 0 Å². The topological polar surface area (TPSA) is 106 Å². The highest BCUT2D eigenvalue weighted by molar-refractivity contribution is 7.89. The minimum absolute atomic E-state index is 0.00768. The number of benzene rings is 1. The molecule has 2 aromatic rings. The van der Waals surface area contributed by atoms with Gasteiger partial charge in [0.1, 0.15) is 6.61 Å². The highest BCUT2D eigenvalue weighted by Gasteiger charge is 2.16. The average Bonchev–Trinajstić information content (AvgIpc) is 2.46. The second-order valence-electron chi connectivity index (χ2n) is 4.17. The van der Waals surface area contributed by atoms with E-state index in [-0.39, 0.29) is 18.0 Å². The van der Waals surface area contributed by atoms with Crippen LogP contribution < -0.4 is 4.72 Å². The van der Waals surface area contributed by atoms with Gasteiger partial charge in [0.2, 0.25) is 10.0 Å². The molecule has 21 heavy (non-hydrogen) atoms. The Hall–Kier alpha value is -2.03. The van der Waals surface area contributed by atoms with Gasteiger partial charge in [-0.2, -0.15) is 0 Å². The Kier molecular flexibility index (Phi) is 4.84. The monoisotopic (exact) mass is 310 g/mol. The van der Waals surface area contributed by atoms with Crippen LogP contribution in [0.15, 0.2) is 41.4 Å². The smallest absolute Gasteiger partial charge is 0.329 e. The number of aliphatic carboxylic acids is 1. The quantitative estimate of drug-likeness (QED) is 0.726. The number of nitrogens with one attached hydrogen (secondary N) is 1. The van der Waals surface area contributed by atoms with Gasteiger partial charge in [-0.3, -0.25) is 4.98 Å². The van der Waals surface area contributed by atoms with Gasteiger partial charge in [0, 0.05) is 18.1 Å². The first-order valence-corrected chi connectivity index (χ1v) is 7.62. The molecule has 0 saturated heterocycles. The Balaban J connectivity index is 2.10. The molecule has 0 aliphatic heterocycles. The Morgan fingerprint density at radius 1 is 1.29 bits per heavy atom. The van der Waals surface area contributed by atoms with Gasteiger partial charge in [0.15, 0.2) is 0 Å². The van der Waals surface area contributed by atoms with E-state index in [1.807, 2.05) is 0 Å². The Morgan fingerprint density at radius 2 is 2.10 bits per heavy atom. The number of pyridine rings is 1. The molecule has 7 nitrogen and oxygen atoms in total. The van der Waals surface area contributed by atoms with E-state index < -0.39 is 22.6 Å². The van der Waals surface area contributed by atoms with E-state index in [9.17, 15) is 13.2 Å². The lowest BCUT2D eigenvalue weighted by molar-refractivity contribution is -0.142. The number of nitrogens with zero attached hydrogens (tertiary/aromatic N) is 1. The first-order valence-electron chi connectivity index (χ1n) is 6.13. The summed E-state index contributed by atoms with van der Waals surface area (Å²) in [5.74, 6) is -1.10. The molecule has 2 rings (SSSR count). The molecule has 8 heteroatoms. The Labute approximate surface area is 121 Å². The number of ether oxygens (including phenoxy) is 1. The van der Waals surface area contributed by atoms with Crippen LogP contribution in [0.5, 0.6) is 0 Å². The second kappa shape index (κ2) is 6.61. The Morgan fingerprint density at radius 3 is 2.86 bits per heavy atom. The summed E-state index contributed by atoms with van der Waals surface area (Å²) >= 11 is 0. The van der Waals surface area contributed by atoms with Crippen LogP contribution >= 0.6 is 0 Å². The van der Waals surface area contributed by atoms with Crippen LogP contribution in [0.3, 0.4) is 0 Å². The van der Waals surface area contributed by atoms with Gasteiger partial charge >= 0.3 is 5.97 Å². The van der Waals surface area contributed by atoms with E-state index >= 15 is 0 Å². The van der Waals surface area contributed by atoms with Crippen LogP contribution in [0.25, 0.3) is 10.9 Å². The van der Waals surface area contributed by atoms with Crippen molar-refractivity contribution in [1.29, 1.82) is 0 Å². The minimum atomic E-state index is -3.71. The van der Waals surface area contributed by atoms with Crippen molar-refractivity contribution in [2.24, 2.45) is 0 Å². The fourth-order valence-corrected chi connectivity index (χ4v) is 3.02. The van der Waals surface area contributed by atoms with Crippen molar-refractivity contribution in [1.82, 2.24) is 9.71 Å². The molecule has 112 valence electrons. The summed E-state index contributed by atoms with van der Waals surface area (Å²) in [5.41, 5.74) is 0.586. The van der Waals surface area contributed by atoms with Gasteiger partial charge in [-0.15, -0.1) is 0 Å². The Bertz CT molecular complexity index is 740. The number of carbonyl (C=O) groups is 1. The highest BCUT2D eigenvalue weighted by atomic mass is 32.2. The fourth-order valence-electron chi connectivity index (χ4n) is 1.79. The highest BCUT2D eigenvalue weighted by Crippen LogP contribution is 2.20. The fraction of sp³-hybridized carbons (Fsp3) is 0.231. The lowest BCUT2D eigenvalue weighted by atomic mass is 10.2. The van der Waals surface area contributed by atoms with Crippen molar-refractivity contribution in [3.63, 3.8) is 0 Å². The van der Waals surface area contributed by atoms with Crippen molar-refractivity contribution in [3.05, 3.63) is 36.5 Å². The summed E-state index contributed by atoms with van der Waals surface area (Å²) < 4.78 is 31.6. The van der Waals surface area contributed by atoms with Crippen molar-refractivity contribution < 1.29 is 23.1 Å². The van der Waals surface area contributed by atoms with Crippen molar-refractivity contribution in [3.8, 4) is 0 Å². The van der Waals surface area contributed by atoms with Crippen molar-refractivity contribution in [2.75, 3.05) is 19.8 Å². The lowest BCUT2D eigenvalue weighted by Crippen LogP contribution is -2.28. The lowest BCUT2D eigenvalue weighted by Gasteiger charge is -2.09. The third kappa shape index (κ3) is 3.97. The predicted octanol–water partition coefficient (Wildman–Crippen LogP) is 0.614. The maximum absolute atomic E-state index is 12.2. The number of carboxylic acid groups (broad SMARTS) is 1. The first-order chi connectivity index (χ1) is 10.0. The van der Waals surface area contributed by atoms with E-state index in [1.54, 1.807) is 30.5 Å². The van der Waals surface area contributed by atoms with Gasteiger partial charge in [-0.05, 0) is 24.3 Å². The van der Waals surface area contributed by atoms with Crippen molar-refractivity contribution in [2.45, 2.75) is 4.90 Å². The van der Waals surface area contributed by atoms with Gasteiger partial charge in [0.05, 0.1) is 17.0 Å². The standard InChI is InChI=1S/C13H14N2O5S/c16-13(17)9-20-8-7-15-21(18,19)12-5-1-4-11-10(12)3-2-6-14-11/h1-6,15H,7-9H2,(H,16,17). The van der Waals surface area contributed by atoms with E-state index in [1.165, 1.54) is 6.07 Å². The molecule has 0 saturated carbocycles. The van der Waals surface area contributed by atoms with E-state index in [2.05, 4.69) is 9.71 Å². The molecule has 0 bridgehead atoms. The number of aromatic nitrogens is 1. The predicted molar refractivity (Wildman–Crippen MR) is 75.4 cm³/mol. The summed E-state index contributed by atoms with van der Waals surface area (Å²) in [6, 6.07) is 8.18. The third-order valence-corrected chi connectivity index (χ3v) is 4.18. The van der Waals surface area contributed by atoms with Crippen LogP contribution in [-0.2, 0) is 19.6 Å². The number of rotatable bonds is 7. The molecule has 0 aliphatic carbocycles. The number of hydrogen-bond acceptors (Lipinski definition) is 5. The van der Waals surface area contributed by atoms with Crippen LogP contribution in [-0.4, -0.2) is 44.2 Å². The molecule has 2 N–H and O–H groups in total. The van der Waals surface area contributed by atoms with Crippen LogP contribution in [0.1, 0.15) is 0 Å². The van der Waals surface area contributed by atoms with Gasteiger partial charge in [-0.1, -0.05) is 6.07 Å². The number of sulfonamides is 1. The molecule has 1 aromatic heterocycles. The largest absolute Gasteiger partial charge is 0.480 e. The number of carboxylic acids is 1. The molecular formula is C13H14N2O5S. The van der Waals surface area contributed by atoms with Crippen LogP contribution in [0.4, 0.5) is 0 Å². The molecule has 0 spiro atoms. The number of fused-ring (bicyclic) bond motifs is 1. The summed E-state index contributed by atoms with van der Waals surface area (Å²) in [5, 5.41) is 8.93. The second-order valence-corrected chi connectivity index (χ2v) is 5.91. The molecule has 0 fully saturated rings. The average molecular weight is 310 g/mol. The van der Waals surface area contributed by atoms with E-state index in [4.69, 9.17) is 9.84 Å². The van der Waals surface area contributed by atoms with Crippen LogP contribution in [0.2, 0.25) is 0 Å². The SMILES string of the molecule is O=C(O)COCCNS(=O)(=O)c1cccc2ncccc12. The third-order valence-electron chi connectivity index (χ3n) is 2.66. The maximum Gasteiger partial charge on any atom is 0.329 e. The molecule has 0 unspecified atom stereocenters. The molecule has 1 heterocycles. The normalized spacial score (nSPS) is 11.6. The molecule has 0 atom stereocenters. The number of hydrogen-bond donors (Lipinski definition) is 2. The summed E-state index contributed by atoms with van der Waals surface area (Å²) in [7, 11) is -3.71. The zero-order valence-electron chi connectivity index (χ0n) is 11.0. The van der Waals surface area contributed by atoms with Gasteiger partial charge in [-0.25, -0.2) is 17.9 Å². The van der Waals surface area contributed by atoms with E-state index in [0.29, 0.717) is 10.9 Å². The summed E-state index contributed by atoms with van der Waals surface area (Å²) in [6.45, 7) is -0.485. The zero-order chi connectivity index (χ0) is 15.3. The first kappa shape index (κ1) is 15.4. The van der Waals surface area contributed by atoms with Crippen molar-refractivity contribution >= 4 is 26.9 Å². The maximum atomic E-state index is 12.2. The zero-order valence-corrected chi connectivity index (χ0v) is 11.8. The molecule has 1 aromatic carbocycles. The minimum Gasteiger partial charge on any atom is -0.480 e. The molecule has 0 amide bonds.